The van der Waals surface area contributed by atoms with E-state index in [9.17, 15) is 9.59 Å². The van der Waals surface area contributed by atoms with E-state index in [1.54, 1.807) is 11.8 Å². The lowest BCUT2D eigenvalue weighted by molar-refractivity contribution is -0.140. The van der Waals surface area contributed by atoms with Crippen molar-refractivity contribution in [3.05, 3.63) is 59.2 Å². The van der Waals surface area contributed by atoms with Gasteiger partial charge >= 0.3 is 0 Å². The van der Waals surface area contributed by atoms with E-state index >= 15 is 0 Å². The van der Waals surface area contributed by atoms with Gasteiger partial charge < -0.3 is 19.7 Å². The van der Waals surface area contributed by atoms with Gasteiger partial charge in [-0.15, -0.1) is 0 Å². The van der Waals surface area contributed by atoms with Crippen LogP contribution in [0.25, 0.3) is 0 Å². The Kier molecular flexibility index (Phi) is 7.93. The minimum atomic E-state index is -0.541. The molecule has 1 N–H and O–H groups in total. The molecule has 0 aliphatic carbocycles. The molecule has 1 aliphatic rings. The van der Waals surface area contributed by atoms with E-state index < -0.39 is 6.04 Å². The first-order valence-electron chi connectivity index (χ1n) is 11.0. The summed E-state index contributed by atoms with van der Waals surface area (Å²) in [5.74, 6) is 1.29. The van der Waals surface area contributed by atoms with Crippen LogP contribution in [0.3, 0.4) is 0 Å². The van der Waals surface area contributed by atoms with Gasteiger partial charge in [0.2, 0.25) is 11.8 Å². The van der Waals surface area contributed by atoms with Crippen molar-refractivity contribution in [2.24, 2.45) is 0 Å². The summed E-state index contributed by atoms with van der Waals surface area (Å²) in [4.78, 5) is 27.5. The van der Waals surface area contributed by atoms with E-state index in [1.165, 1.54) is 0 Å². The van der Waals surface area contributed by atoms with Crippen LogP contribution in [0.5, 0.6) is 11.5 Å². The van der Waals surface area contributed by atoms with E-state index in [0.717, 1.165) is 34.6 Å². The van der Waals surface area contributed by atoms with Crippen LogP contribution in [-0.4, -0.2) is 42.5 Å². The van der Waals surface area contributed by atoms with Gasteiger partial charge in [0, 0.05) is 19.5 Å². The molecule has 2 aromatic rings. The van der Waals surface area contributed by atoms with Crippen LogP contribution in [-0.2, 0) is 22.6 Å². The van der Waals surface area contributed by atoms with Crippen LogP contribution in [0, 0.1) is 6.92 Å². The summed E-state index contributed by atoms with van der Waals surface area (Å²) in [5.41, 5.74) is 3.18. The summed E-state index contributed by atoms with van der Waals surface area (Å²) in [7, 11) is 0. The van der Waals surface area contributed by atoms with E-state index in [1.807, 2.05) is 56.3 Å². The van der Waals surface area contributed by atoms with Crippen LogP contribution in [0.1, 0.15) is 43.4 Å². The Morgan fingerprint density at radius 1 is 1.03 bits per heavy atom. The summed E-state index contributed by atoms with van der Waals surface area (Å²) in [6, 6.07) is 13.3. The molecule has 0 saturated heterocycles. The number of nitrogens with zero attached hydrogens (tertiary/aromatic N) is 1. The molecular formula is C25H32N2O4. The van der Waals surface area contributed by atoms with Crippen molar-refractivity contribution in [3.63, 3.8) is 0 Å². The highest BCUT2D eigenvalue weighted by Crippen LogP contribution is 2.31. The number of hydrogen-bond donors (Lipinski definition) is 1. The maximum Gasteiger partial charge on any atom is 0.242 e. The summed E-state index contributed by atoms with van der Waals surface area (Å²) < 4.78 is 11.2. The number of fused-ring (bicyclic) bond motifs is 1. The molecule has 6 heteroatoms. The molecule has 0 unspecified atom stereocenters. The highest BCUT2D eigenvalue weighted by molar-refractivity contribution is 5.87. The normalized spacial score (nSPS) is 13.4. The summed E-state index contributed by atoms with van der Waals surface area (Å²) >= 11 is 0. The summed E-state index contributed by atoms with van der Waals surface area (Å²) in [6.45, 7) is 7.92. The van der Waals surface area contributed by atoms with Crippen molar-refractivity contribution in [2.45, 2.75) is 52.6 Å². The molecule has 1 aliphatic heterocycles. The second-order valence-electron chi connectivity index (χ2n) is 7.95. The third-order valence-corrected chi connectivity index (χ3v) is 5.42. The second kappa shape index (κ2) is 10.8. The van der Waals surface area contributed by atoms with Gasteiger partial charge in [0.25, 0.3) is 0 Å². The maximum absolute atomic E-state index is 13.2. The molecule has 31 heavy (non-hydrogen) atoms. The number of nitrogens with one attached hydrogen (secondary N) is 1. The van der Waals surface area contributed by atoms with Crippen molar-refractivity contribution in [1.82, 2.24) is 10.2 Å². The van der Waals surface area contributed by atoms with Crippen LogP contribution in [0.15, 0.2) is 42.5 Å². The first kappa shape index (κ1) is 22.7. The molecule has 0 aromatic heterocycles. The molecule has 2 amide bonds. The van der Waals surface area contributed by atoms with Gasteiger partial charge in [0.1, 0.15) is 19.3 Å². The molecule has 1 atom stereocenters. The molecule has 3 rings (SSSR count). The van der Waals surface area contributed by atoms with Crippen LogP contribution in [0.2, 0.25) is 0 Å². The molecule has 0 spiro atoms. The van der Waals surface area contributed by atoms with E-state index in [4.69, 9.17) is 9.47 Å². The van der Waals surface area contributed by atoms with Crippen molar-refractivity contribution < 1.29 is 19.1 Å². The molecule has 0 fully saturated rings. The largest absolute Gasteiger partial charge is 0.486 e. The number of amides is 2. The average Bonchev–Trinajstić information content (AvgIpc) is 2.80. The first-order chi connectivity index (χ1) is 15.0. The summed E-state index contributed by atoms with van der Waals surface area (Å²) in [6.07, 6.45) is 1.74. The number of carbonyl (C=O) groups is 2. The topological polar surface area (TPSA) is 67.9 Å². The molecule has 0 bridgehead atoms. The van der Waals surface area contributed by atoms with Gasteiger partial charge in [-0.1, -0.05) is 42.8 Å². The zero-order valence-corrected chi connectivity index (χ0v) is 18.6. The molecule has 166 valence electrons. The first-order valence-corrected chi connectivity index (χ1v) is 11.0. The standard InChI is InChI=1S/C25H32N2O4/c1-4-13-26-25(29)19(3)27(17-21-7-5-18(2)6-8-21)24(28)12-10-20-9-11-22-23(16-20)31-15-14-30-22/h5-9,11,16,19H,4,10,12-15,17H2,1-3H3,(H,26,29)/t19-/m0/s1. The Morgan fingerprint density at radius 3 is 2.42 bits per heavy atom. The summed E-state index contributed by atoms with van der Waals surface area (Å²) in [5, 5.41) is 2.91. The van der Waals surface area contributed by atoms with Crippen LogP contribution in [0.4, 0.5) is 0 Å². The van der Waals surface area contributed by atoms with Crippen molar-refractivity contribution >= 4 is 11.8 Å². The Labute approximate surface area is 184 Å². The smallest absolute Gasteiger partial charge is 0.242 e. The Morgan fingerprint density at radius 2 is 1.71 bits per heavy atom. The van der Waals surface area contributed by atoms with Crippen molar-refractivity contribution in [3.8, 4) is 11.5 Å². The fourth-order valence-electron chi connectivity index (χ4n) is 3.51. The average molecular weight is 425 g/mol. The van der Waals surface area contributed by atoms with Gasteiger partial charge in [0.05, 0.1) is 0 Å². The maximum atomic E-state index is 13.2. The minimum absolute atomic E-state index is 0.0467. The molecule has 0 radical (unpaired) electrons. The predicted octanol–water partition coefficient (Wildman–Crippen LogP) is 3.64. The monoisotopic (exact) mass is 424 g/mol. The zero-order valence-electron chi connectivity index (χ0n) is 18.6. The van der Waals surface area contributed by atoms with Gasteiger partial charge in [-0.3, -0.25) is 9.59 Å². The Balaban J connectivity index is 1.69. The Hall–Kier alpha value is -3.02. The highest BCUT2D eigenvalue weighted by Gasteiger charge is 2.26. The lowest BCUT2D eigenvalue weighted by Gasteiger charge is -2.29. The number of aryl methyl sites for hydroxylation is 2. The zero-order chi connectivity index (χ0) is 22.2. The third kappa shape index (κ3) is 6.23. The van der Waals surface area contributed by atoms with Crippen LogP contribution < -0.4 is 14.8 Å². The lowest BCUT2D eigenvalue weighted by Crippen LogP contribution is -2.47. The molecule has 0 saturated carbocycles. The lowest BCUT2D eigenvalue weighted by atomic mass is 10.1. The van der Waals surface area contributed by atoms with Gasteiger partial charge in [-0.25, -0.2) is 0 Å². The van der Waals surface area contributed by atoms with Crippen LogP contribution >= 0.6 is 0 Å². The van der Waals surface area contributed by atoms with Crippen molar-refractivity contribution in [2.75, 3.05) is 19.8 Å². The van der Waals surface area contributed by atoms with Gasteiger partial charge in [-0.2, -0.15) is 0 Å². The quantitative estimate of drug-likeness (QED) is 0.667. The molecule has 1 heterocycles. The van der Waals surface area contributed by atoms with Gasteiger partial charge in [-0.05, 0) is 49.9 Å². The SMILES string of the molecule is CCCNC(=O)[C@H](C)N(Cc1ccc(C)cc1)C(=O)CCc1ccc2c(c1)OCCO2. The van der Waals surface area contributed by atoms with Gasteiger partial charge in [0.15, 0.2) is 11.5 Å². The van der Waals surface area contributed by atoms with Crippen molar-refractivity contribution in [1.29, 1.82) is 0 Å². The van der Waals surface area contributed by atoms with E-state index in [0.29, 0.717) is 39.1 Å². The third-order valence-electron chi connectivity index (χ3n) is 5.42. The predicted molar refractivity (Wildman–Crippen MR) is 120 cm³/mol. The number of rotatable bonds is 9. The highest BCUT2D eigenvalue weighted by atomic mass is 16.6. The van der Waals surface area contributed by atoms with E-state index in [-0.39, 0.29) is 11.8 Å². The molecule has 2 aromatic carbocycles. The molecule has 6 nitrogen and oxygen atoms in total. The van der Waals surface area contributed by atoms with E-state index in [2.05, 4.69) is 5.32 Å². The second-order valence-corrected chi connectivity index (χ2v) is 7.95. The number of benzene rings is 2. The molecular weight excluding hydrogens is 392 g/mol. The fourth-order valence-corrected chi connectivity index (χ4v) is 3.51. The number of carbonyl (C=O) groups excluding carboxylic acids is 2. The fraction of sp³-hybridized carbons (Fsp3) is 0.440. The number of hydrogen-bond acceptors (Lipinski definition) is 4. The Bertz CT molecular complexity index is 895. The minimum Gasteiger partial charge on any atom is -0.486 e. The number of ether oxygens (including phenoxy) is 2.